The molecule has 2 amide bonds. The fourth-order valence-electron chi connectivity index (χ4n) is 9.85. The number of rotatable bonds is 13. The molecule has 1 aromatic heterocycles. The molecule has 0 spiro atoms. The van der Waals surface area contributed by atoms with Gasteiger partial charge in [0.15, 0.2) is 5.78 Å². The van der Waals surface area contributed by atoms with Crippen molar-refractivity contribution in [1.29, 1.82) is 0 Å². The number of methoxy groups -OCH3 is 1. The van der Waals surface area contributed by atoms with E-state index in [1.165, 1.54) is 12.0 Å². The summed E-state index contributed by atoms with van der Waals surface area (Å²) in [5, 5.41) is 0.608. The van der Waals surface area contributed by atoms with Crippen LogP contribution in [-0.2, 0) is 33.9 Å². The number of carbonyl (C=O) groups excluding carboxylic acids is 4. The molecule has 0 unspecified atom stereocenters. The SMILES string of the molecule is CCC1(S(=O)(=O)NC(=O)[C@]23CC(=O)[C@@H]4C[C@@H](Oc5cc(-c6ccc(OC(C)C)cc6)nc6cc(OC)ccc56)CN4C(=O)[C@@H](CC(=O)OC(C)(C)C(F)(F)F)[C@H](C)C[C@H](C)CC/C=C\[C@@H]2C3)CC1. The normalized spacial score (nSPS) is 27.0. The molecule has 3 fully saturated rings. The quantitative estimate of drug-likeness (QED) is 0.128. The highest BCUT2D eigenvalue weighted by Crippen LogP contribution is 2.58. The molecule has 2 saturated carbocycles. The summed E-state index contributed by atoms with van der Waals surface area (Å²) in [7, 11) is -2.53. The van der Waals surface area contributed by atoms with Crippen molar-refractivity contribution in [3.05, 3.63) is 60.7 Å². The average Bonchev–Trinajstić information content (AvgIpc) is 4.17. The minimum atomic E-state index is -4.88. The second-order valence-corrected chi connectivity index (χ2v) is 22.3. The third-order valence-electron chi connectivity index (χ3n) is 14.4. The fraction of sp³-hybridized carbons (Fsp3) is 0.588. The molecule has 4 aliphatic rings. The van der Waals surface area contributed by atoms with E-state index in [4.69, 9.17) is 23.9 Å². The highest BCUT2D eigenvalue weighted by Gasteiger charge is 2.63. The van der Waals surface area contributed by atoms with E-state index in [2.05, 4.69) is 4.72 Å². The number of alkyl halides is 3. The molecule has 68 heavy (non-hydrogen) atoms. The van der Waals surface area contributed by atoms with Crippen LogP contribution in [0.15, 0.2) is 60.7 Å². The predicted molar refractivity (Wildman–Crippen MR) is 249 cm³/mol. The van der Waals surface area contributed by atoms with Gasteiger partial charge < -0.3 is 23.8 Å². The smallest absolute Gasteiger partial charge is 0.427 e. The molecule has 0 radical (unpaired) electrons. The zero-order valence-corrected chi connectivity index (χ0v) is 40.9. The van der Waals surface area contributed by atoms with Crippen molar-refractivity contribution < 1.29 is 59.7 Å². The van der Waals surface area contributed by atoms with Gasteiger partial charge in [0, 0.05) is 35.9 Å². The Morgan fingerprint density at radius 1 is 1.00 bits per heavy atom. The van der Waals surface area contributed by atoms with Gasteiger partial charge in [0.2, 0.25) is 27.4 Å². The molecule has 2 aliphatic heterocycles. The Labute approximate surface area is 396 Å². The number of pyridine rings is 1. The Kier molecular flexibility index (Phi) is 14.4. The van der Waals surface area contributed by atoms with Crippen LogP contribution in [0, 0.1) is 29.1 Å². The number of carbonyl (C=O) groups is 4. The highest BCUT2D eigenvalue weighted by atomic mass is 32.2. The van der Waals surface area contributed by atoms with Crippen LogP contribution in [0.3, 0.4) is 0 Å². The summed E-state index contributed by atoms with van der Waals surface area (Å²) in [5.74, 6) is -3.68. The standard InChI is InChI=1S/C51H64F3N3O10S/c1-9-49(20-21-49)68(62,63)56-47(61)50-27-34(50)13-11-10-12-31(4)22-32(5)39(25-45(59)67-48(6,7)51(52,53)54)46(60)57-29-37(24-42(57)43(58)28-50)66-44-26-40(33-14-16-35(17-15-33)65-30(2)3)55-41-23-36(64-8)18-19-38(41)44/h11,13-19,23,26,30-32,34,37,39,42H,9-10,12,20-22,24-25,27-29H2,1-8H3,(H,56,61)/b13-11-/t31-,32-,34-,37-,39+,42+,50-/m1/s1. The number of sulfonamides is 1. The van der Waals surface area contributed by atoms with Crippen LogP contribution in [0.25, 0.3) is 22.2 Å². The maximum Gasteiger partial charge on any atom is 0.427 e. The summed E-state index contributed by atoms with van der Waals surface area (Å²) >= 11 is 0. The lowest BCUT2D eigenvalue weighted by atomic mass is 9.82. The number of benzene rings is 2. The van der Waals surface area contributed by atoms with Crippen molar-refractivity contribution in [2.24, 2.45) is 29.1 Å². The second kappa shape index (κ2) is 19.3. The molecule has 2 aromatic carbocycles. The monoisotopic (exact) mass is 967 g/mol. The Balaban J connectivity index is 1.26. The lowest BCUT2D eigenvalue weighted by Crippen LogP contribution is -2.48. The molecule has 370 valence electrons. The van der Waals surface area contributed by atoms with Gasteiger partial charge in [-0.05, 0) is 127 Å². The average molecular weight is 968 g/mol. The minimum absolute atomic E-state index is 0.00212. The Morgan fingerprint density at radius 3 is 2.32 bits per heavy atom. The molecule has 1 saturated heterocycles. The van der Waals surface area contributed by atoms with Gasteiger partial charge in [-0.3, -0.25) is 23.9 Å². The molecule has 13 nitrogen and oxygen atoms in total. The predicted octanol–water partition coefficient (Wildman–Crippen LogP) is 9.30. The van der Waals surface area contributed by atoms with E-state index >= 15 is 4.79 Å². The van der Waals surface area contributed by atoms with Crippen LogP contribution in [0.2, 0.25) is 0 Å². The van der Waals surface area contributed by atoms with Crippen molar-refractivity contribution >= 4 is 44.5 Å². The number of fused-ring (bicyclic) bond motifs is 3. The van der Waals surface area contributed by atoms with Crippen LogP contribution in [0.5, 0.6) is 17.2 Å². The van der Waals surface area contributed by atoms with E-state index in [-0.39, 0.29) is 37.8 Å². The molecule has 17 heteroatoms. The number of Topliss-reactive ketones (excluding diaryl/α,β-unsaturated/α-hetero) is 1. The Bertz CT molecular complexity index is 2540. The number of allylic oxidation sites excluding steroid dienone is 2. The summed E-state index contributed by atoms with van der Waals surface area (Å²) in [4.78, 5) is 64.2. The summed E-state index contributed by atoms with van der Waals surface area (Å²) in [6, 6.07) is 13.3. The van der Waals surface area contributed by atoms with E-state index < -0.39 is 91.8 Å². The first kappa shape index (κ1) is 50.7. The number of hydrogen-bond donors (Lipinski definition) is 1. The summed E-state index contributed by atoms with van der Waals surface area (Å²) in [6.45, 7) is 10.7. The first-order valence-corrected chi connectivity index (χ1v) is 25.2. The van der Waals surface area contributed by atoms with Gasteiger partial charge >= 0.3 is 12.1 Å². The van der Waals surface area contributed by atoms with E-state index in [9.17, 15) is 36.0 Å². The molecule has 0 bridgehead atoms. The second-order valence-electron chi connectivity index (χ2n) is 20.3. The number of amides is 2. The number of nitrogens with zero attached hydrogens (tertiary/aromatic N) is 2. The maximum absolute atomic E-state index is 15.2. The van der Waals surface area contributed by atoms with Gasteiger partial charge in [-0.1, -0.05) is 32.9 Å². The minimum Gasteiger partial charge on any atom is -0.497 e. The first-order chi connectivity index (χ1) is 31.9. The molecule has 2 aliphatic carbocycles. The third-order valence-corrected chi connectivity index (χ3v) is 16.7. The first-order valence-electron chi connectivity index (χ1n) is 23.7. The van der Waals surface area contributed by atoms with Gasteiger partial charge in [0.1, 0.15) is 23.4 Å². The molecular formula is C51H64F3N3O10S. The van der Waals surface area contributed by atoms with E-state index in [0.29, 0.717) is 72.4 Å². The molecule has 7 atom stereocenters. The van der Waals surface area contributed by atoms with Crippen LogP contribution in [-0.4, -0.2) is 90.3 Å². The number of nitrogens with one attached hydrogen (secondary N) is 1. The van der Waals surface area contributed by atoms with E-state index in [0.717, 1.165) is 19.4 Å². The van der Waals surface area contributed by atoms with Crippen LogP contribution in [0.1, 0.15) is 113 Å². The number of ketones is 1. The van der Waals surface area contributed by atoms with Crippen molar-refractivity contribution in [1.82, 2.24) is 14.6 Å². The number of aromatic nitrogens is 1. The Hall–Kier alpha value is -5.19. The van der Waals surface area contributed by atoms with E-state index in [1.54, 1.807) is 38.1 Å². The van der Waals surface area contributed by atoms with Gasteiger partial charge in [0.25, 0.3) is 0 Å². The molecule has 3 aromatic rings. The lowest BCUT2D eigenvalue weighted by Gasteiger charge is -2.33. The van der Waals surface area contributed by atoms with E-state index in [1.807, 2.05) is 57.2 Å². The summed E-state index contributed by atoms with van der Waals surface area (Å²) in [6.07, 6.45) is -0.0249. The van der Waals surface area contributed by atoms with Crippen LogP contribution in [0.4, 0.5) is 13.2 Å². The highest BCUT2D eigenvalue weighted by molar-refractivity contribution is 7.91. The van der Waals surface area contributed by atoms with Crippen molar-refractivity contribution in [3.63, 3.8) is 0 Å². The zero-order chi connectivity index (χ0) is 49.6. The van der Waals surface area contributed by atoms with Crippen molar-refractivity contribution in [2.45, 2.75) is 147 Å². The summed E-state index contributed by atoms with van der Waals surface area (Å²) < 4.78 is 93.5. The van der Waals surface area contributed by atoms with Crippen LogP contribution < -0.4 is 18.9 Å². The molecule has 1 N–H and O–H groups in total. The number of halogens is 3. The summed E-state index contributed by atoms with van der Waals surface area (Å²) in [5.41, 5.74) is -2.41. The van der Waals surface area contributed by atoms with Gasteiger partial charge in [-0.15, -0.1) is 0 Å². The number of esters is 1. The largest absolute Gasteiger partial charge is 0.497 e. The maximum atomic E-state index is 15.2. The number of ether oxygens (including phenoxy) is 4. The molecule has 3 heterocycles. The zero-order valence-electron chi connectivity index (χ0n) is 40.1. The molecular weight excluding hydrogens is 904 g/mol. The van der Waals surface area contributed by atoms with Crippen LogP contribution >= 0.6 is 0 Å². The molecule has 7 rings (SSSR count). The fourth-order valence-corrected chi connectivity index (χ4v) is 11.5. The van der Waals surface area contributed by atoms with Crippen molar-refractivity contribution in [2.75, 3.05) is 13.7 Å². The Morgan fingerprint density at radius 2 is 1.69 bits per heavy atom. The topological polar surface area (TPSA) is 168 Å². The lowest BCUT2D eigenvalue weighted by molar-refractivity contribution is -0.257. The number of hydrogen-bond acceptors (Lipinski definition) is 11. The van der Waals surface area contributed by atoms with Crippen molar-refractivity contribution in [3.8, 4) is 28.5 Å². The van der Waals surface area contributed by atoms with Gasteiger partial charge in [0.05, 0.1) is 59.5 Å². The van der Waals surface area contributed by atoms with Gasteiger partial charge in [-0.25, -0.2) is 13.4 Å². The van der Waals surface area contributed by atoms with Gasteiger partial charge in [-0.2, -0.15) is 13.2 Å². The third kappa shape index (κ3) is 10.7.